The van der Waals surface area contributed by atoms with Gasteiger partial charge >= 0.3 is 0 Å². The predicted octanol–water partition coefficient (Wildman–Crippen LogP) is -2.04. The lowest BCUT2D eigenvalue weighted by Gasteiger charge is -2.25. The molecule has 0 aromatic carbocycles. The predicted molar refractivity (Wildman–Crippen MR) is 60.2 cm³/mol. The third-order valence-corrected chi connectivity index (χ3v) is 3.77. The fourth-order valence-corrected chi connectivity index (χ4v) is 2.31. The Morgan fingerprint density at radius 3 is 2.35 bits per heavy atom. The summed E-state index contributed by atoms with van der Waals surface area (Å²) in [5.41, 5.74) is 0. The molecule has 1 aliphatic heterocycles. The molecule has 1 saturated heterocycles. The second-order valence-electron chi connectivity index (χ2n) is 4.92. The minimum Gasteiger partial charge on any atom is -0.395 e. The van der Waals surface area contributed by atoms with Crippen LogP contribution in [0.25, 0.3) is 0 Å². The summed E-state index contributed by atoms with van der Waals surface area (Å²) in [4.78, 5) is 11.6. The normalized spacial score (nSPS) is 37.8. The Hall–Kier alpha value is -0.690. The van der Waals surface area contributed by atoms with Crippen molar-refractivity contribution in [2.75, 3.05) is 13.2 Å². The van der Waals surface area contributed by atoms with Crippen LogP contribution in [0.5, 0.6) is 0 Å². The van der Waals surface area contributed by atoms with Crippen molar-refractivity contribution in [3.05, 3.63) is 0 Å². The summed E-state index contributed by atoms with van der Waals surface area (Å²) in [6, 6.07) is -0.915. The third-order valence-electron chi connectivity index (χ3n) is 3.77. The third kappa shape index (κ3) is 2.60. The van der Waals surface area contributed by atoms with Crippen LogP contribution >= 0.6 is 0 Å². The molecule has 6 heteroatoms. The van der Waals surface area contributed by atoms with Crippen LogP contribution in [-0.4, -0.2) is 58.7 Å². The lowest BCUT2D eigenvalue weighted by Crippen LogP contribution is -2.46. The van der Waals surface area contributed by atoms with E-state index in [1.54, 1.807) is 0 Å². The van der Waals surface area contributed by atoms with Crippen molar-refractivity contribution >= 4 is 5.91 Å². The molecule has 6 nitrogen and oxygen atoms in total. The van der Waals surface area contributed by atoms with Crippen molar-refractivity contribution in [1.29, 1.82) is 0 Å². The van der Waals surface area contributed by atoms with Gasteiger partial charge in [-0.05, 0) is 12.8 Å². The average molecular weight is 244 g/mol. The molecule has 2 rings (SSSR count). The van der Waals surface area contributed by atoms with Gasteiger partial charge in [-0.3, -0.25) is 4.79 Å². The lowest BCUT2D eigenvalue weighted by atomic mass is 9.85. The quantitative estimate of drug-likeness (QED) is 0.392. The Kier molecular flexibility index (Phi) is 3.98. The minimum atomic E-state index is -0.981. The molecule has 1 amide bonds. The number of nitrogens with one attached hydrogen (secondary N) is 2. The van der Waals surface area contributed by atoms with Crippen LogP contribution in [0.15, 0.2) is 0 Å². The summed E-state index contributed by atoms with van der Waals surface area (Å²) in [7, 11) is 0. The summed E-state index contributed by atoms with van der Waals surface area (Å²) >= 11 is 0. The zero-order valence-electron chi connectivity index (χ0n) is 9.67. The molecule has 1 saturated carbocycles. The highest BCUT2D eigenvalue weighted by Gasteiger charge is 2.40. The molecule has 5 N–H and O–H groups in total. The summed E-state index contributed by atoms with van der Waals surface area (Å²) in [6.45, 7) is 0.0510. The van der Waals surface area contributed by atoms with Crippen LogP contribution in [0.3, 0.4) is 0 Å². The average Bonchev–Trinajstić information content (AvgIpc) is 2.51. The Morgan fingerprint density at radius 2 is 1.88 bits per heavy atom. The van der Waals surface area contributed by atoms with E-state index in [1.165, 1.54) is 0 Å². The van der Waals surface area contributed by atoms with Gasteiger partial charge in [0.1, 0.15) is 0 Å². The van der Waals surface area contributed by atoms with E-state index in [0.717, 1.165) is 19.3 Å². The number of amides is 1. The number of aliphatic hydroxyl groups excluding tert-OH is 3. The fraction of sp³-hybridized carbons (Fsp3) is 0.909. The van der Waals surface area contributed by atoms with E-state index in [9.17, 15) is 15.0 Å². The molecule has 0 radical (unpaired) electrons. The molecule has 0 bridgehead atoms. The van der Waals surface area contributed by atoms with Crippen molar-refractivity contribution in [1.82, 2.24) is 10.6 Å². The van der Waals surface area contributed by atoms with E-state index in [0.29, 0.717) is 0 Å². The molecule has 0 aromatic heterocycles. The number of carbonyl (C=O) groups excluding carboxylic acids is 1. The first kappa shape index (κ1) is 12.8. The van der Waals surface area contributed by atoms with Crippen molar-refractivity contribution in [3.8, 4) is 0 Å². The molecule has 98 valence electrons. The maximum atomic E-state index is 11.6. The first-order valence-corrected chi connectivity index (χ1v) is 6.14. The molecule has 1 heterocycles. The monoisotopic (exact) mass is 244 g/mol. The summed E-state index contributed by atoms with van der Waals surface area (Å²) < 4.78 is 0. The smallest absolute Gasteiger partial charge is 0.223 e. The van der Waals surface area contributed by atoms with Crippen LogP contribution in [0.1, 0.15) is 19.3 Å². The van der Waals surface area contributed by atoms with Crippen molar-refractivity contribution in [2.24, 2.45) is 5.92 Å². The van der Waals surface area contributed by atoms with Gasteiger partial charge in [0.25, 0.3) is 0 Å². The second kappa shape index (κ2) is 5.30. The van der Waals surface area contributed by atoms with Crippen LogP contribution in [0, 0.1) is 5.92 Å². The van der Waals surface area contributed by atoms with E-state index in [1.807, 2.05) is 0 Å². The SMILES string of the molecule is O=C(NC[C@@H]1N[C@H](CO)[C@H](O)[C@@H]1O)C1CCC1. The van der Waals surface area contributed by atoms with Crippen molar-refractivity contribution in [2.45, 2.75) is 43.6 Å². The van der Waals surface area contributed by atoms with E-state index in [-0.39, 0.29) is 25.0 Å². The first-order chi connectivity index (χ1) is 8.13. The van der Waals surface area contributed by atoms with Gasteiger partial charge in [0.05, 0.1) is 30.9 Å². The first-order valence-electron chi connectivity index (χ1n) is 6.14. The number of rotatable bonds is 4. The largest absolute Gasteiger partial charge is 0.395 e. The topological polar surface area (TPSA) is 102 Å². The summed E-state index contributed by atoms with van der Waals surface area (Å²) in [5.74, 6) is 0.138. The zero-order valence-corrected chi connectivity index (χ0v) is 9.67. The lowest BCUT2D eigenvalue weighted by molar-refractivity contribution is -0.127. The Balaban J connectivity index is 1.77. The molecule has 0 spiro atoms. The fourth-order valence-electron chi connectivity index (χ4n) is 2.31. The molecule has 2 fully saturated rings. The highest BCUT2D eigenvalue weighted by Crippen LogP contribution is 2.26. The molecule has 0 aromatic rings. The van der Waals surface area contributed by atoms with E-state index >= 15 is 0 Å². The summed E-state index contributed by atoms with van der Waals surface area (Å²) in [6.07, 6.45) is 1.05. The van der Waals surface area contributed by atoms with Crippen LogP contribution in [0.4, 0.5) is 0 Å². The second-order valence-corrected chi connectivity index (χ2v) is 4.92. The zero-order chi connectivity index (χ0) is 12.4. The van der Waals surface area contributed by atoms with Crippen LogP contribution in [0.2, 0.25) is 0 Å². The number of aliphatic hydroxyl groups is 3. The van der Waals surface area contributed by atoms with Gasteiger partial charge in [0, 0.05) is 12.5 Å². The van der Waals surface area contributed by atoms with Crippen LogP contribution < -0.4 is 10.6 Å². The molecule has 1 aliphatic carbocycles. The summed E-state index contributed by atoms with van der Waals surface area (Å²) in [5, 5.41) is 33.9. The van der Waals surface area contributed by atoms with Gasteiger partial charge in [-0.25, -0.2) is 0 Å². The van der Waals surface area contributed by atoms with E-state index < -0.39 is 24.3 Å². The van der Waals surface area contributed by atoms with Gasteiger partial charge in [0.2, 0.25) is 5.91 Å². The van der Waals surface area contributed by atoms with Gasteiger partial charge < -0.3 is 26.0 Å². The standard InChI is InChI=1S/C11H20N2O4/c14-5-8-10(16)9(15)7(13-8)4-12-11(17)6-2-1-3-6/h6-10,13-16H,1-5H2,(H,12,17)/t7-,8+,9+,10-/m0/s1. The van der Waals surface area contributed by atoms with E-state index in [4.69, 9.17) is 5.11 Å². The maximum absolute atomic E-state index is 11.6. The van der Waals surface area contributed by atoms with Crippen molar-refractivity contribution in [3.63, 3.8) is 0 Å². The van der Waals surface area contributed by atoms with Crippen molar-refractivity contribution < 1.29 is 20.1 Å². The number of hydrogen-bond donors (Lipinski definition) is 5. The number of carbonyl (C=O) groups is 1. The Labute approximate surface area is 100 Å². The highest BCUT2D eigenvalue weighted by molar-refractivity contribution is 5.79. The Morgan fingerprint density at radius 1 is 1.24 bits per heavy atom. The van der Waals surface area contributed by atoms with Gasteiger partial charge in [-0.1, -0.05) is 6.42 Å². The molecule has 4 atom stereocenters. The highest BCUT2D eigenvalue weighted by atomic mass is 16.3. The van der Waals surface area contributed by atoms with Gasteiger partial charge in [-0.2, -0.15) is 0 Å². The molecule has 2 aliphatic rings. The molecule has 17 heavy (non-hydrogen) atoms. The minimum absolute atomic E-state index is 0.0205. The van der Waals surface area contributed by atoms with E-state index in [2.05, 4.69) is 10.6 Å². The van der Waals surface area contributed by atoms with Gasteiger partial charge in [0.15, 0.2) is 0 Å². The molecular formula is C11H20N2O4. The number of hydrogen-bond acceptors (Lipinski definition) is 5. The van der Waals surface area contributed by atoms with Crippen LogP contribution in [-0.2, 0) is 4.79 Å². The Bertz CT molecular complexity index is 283. The van der Waals surface area contributed by atoms with Gasteiger partial charge in [-0.15, -0.1) is 0 Å². The maximum Gasteiger partial charge on any atom is 0.223 e. The molecule has 0 unspecified atom stereocenters. The molecular weight excluding hydrogens is 224 g/mol.